The molecule has 2 rings (SSSR count). The highest BCUT2D eigenvalue weighted by Crippen LogP contribution is 2.11. The SMILES string of the molecule is Cc1ncc(C(=O)O)n1Cc1cccc(C#N)c1. The first-order valence-corrected chi connectivity index (χ1v) is 5.36. The third kappa shape index (κ3) is 2.23. The molecular formula is C13H11N3O2. The molecular weight excluding hydrogens is 230 g/mol. The monoisotopic (exact) mass is 241 g/mol. The summed E-state index contributed by atoms with van der Waals surface area (Å²) >= 11 is 0. The van der Waals surface area contributed by atoms with Crippen molar-refractivity contribution in [2.75, 3.05) is 0 Å². The largest absolute Gasteiger partial charge is 0.477 e. The summed E-state index contributed by atoms with van der Waals surface area (Å²) in [7, 11) is 0. The third-order valence-corrected chi connectivity index (χ3v) is 2.67. The molecule has 0 saturated carbocycles. The minimum absolute atomic E-state index is 0.148. The van der Waals surface area contributed by atoms with E-state index in [0.717, 1.165) is 5.56 Å². The average Bonchev–Trinajstić information content (AvgIpc) is 2.71. The normalized spacial score (nSPS) is 10.0. The van der Waals surface area contributed by atoms with Crippen molar-refractivity contribution >= 4 is 5.97 Å². The Kier molecular flexibility index (Phi) is 3.11. The van der Waals surface area contributed by atoms with Gasteiger partial charge in [-0.25, -0.2) is 9.78 Å². The van der Waals surface area contributed by atoms with Crippen LogP contribution in [0.15, 0.2) is 30.5 Å². The molecule has 0 aliphatic heterocycles. The first-order valence-electron chi connectivity index (χ1n) is 5.36. The van der Waals surface area contributed by atoms with Crippen LogP contribution in [0.25, 0.3) is 0 Å². The fraction of sp³-hybridized carbons (Fsp3) is 0.154. The van der Waals surface area contributed by atoms with Crippen LogP contribution < -0.4 is 0 Å². The molecule has 0 amide bonds. The van der Waals surface area contributed by atoms with Gasteiger partial charge in [0.05, 0.1) is 17.8 Å². The summed E-state index contributed by atoms with van der Waals surface area (Å²) in [5.74, 6) is -0.373. The molecule has 0 radical (unpaired) electrons. The third-order valence-electron chi connectivity index (χ3n) is 2.67. The summed E-state index contributed by atoms with van der Waals surface area (Å²) in [5.41, 5.74) is 1.58. The smallest absolute Gasteiger partial charge is 0.354 e. The number of hydrogen-bond donors (Lipinski definition) is 1. The highest BCUT2D eigenvalue weighted by atomic mass is 16.4. The van der Waals surface area contributed by atoms with E-state index in [4.69, 9.17) is 10.4 Å². The van der Waals surface area contributed by atoms with Crippen molar-refractivity contribution in [2.45, 2.75) is 13.5 Å². The molecule has 90 valence electrons. The number of aromatic nitrogens is 2. The maximum absolute atomic E-state index is 11.0. The zero-order valence-electron chi connectivity index (χ0n) is 9.79. The zero-order chi connectivity index (χ0) is 13.1. The van der Waals surface area contributed by atoms with Crippen LogP contribution in [0, 0.1) is 18.3 Å². The summed E-state index contributed by atoms with van der Waals surface area (Å²) in [6.45, 7) is 2.14. The van der Waals surface area contributed by atoms with Gasteiger partial charge in [0.25, 0.3) is 0 Å². The highest BCUT2D eigenvalue weighted by Gasteiger charge is 2.13. The van der Waals surface area contributed by atoms with Gasteiger partial charge in [-0.15, -0.1) is 0 Å². The topological polar surface area (TPSA) is 78.9 Å². The van der Waals surface area contributed by atoms with Gasteiger partial charge in [0.1, 0.15) is 11.5 Å². The number of hydrogen-bond acceptors (Lipinski definition) is 3. The number of carbonyl (C=O) groups is 1. The van der Waals surface area contributed by atoms with E-state index in [9.17, 15) is 4.79 Å². The minimum Gasteiger partial charge on any atom is -0.477 e. The van der Waals surface area contributed by atoms with Gasteiger partial charge in [-0.3, -0.25) is 0 Å². The van der Waals surface area contributed by atoms with Crippen LogP contribution in [0.5, 0.6) is 0 Å². The van der Waals surface area contributed by atoms with E-state index in [1.54, 1.807) is 29.7 Å². The second-order valence-corrected chi connectivity index (χ2v) is 3.89. The van der Waals surface area contributed by atoms with Gasteiger partial charge in [-0.1, -0.05) is 12.1 Å². The lowest BCUT2D eigenvalue weighted by molar-refractivity contribution is 0.0685. The lowest BCUT2D eigenvalue weighted by Crippen LogP contribution is -2.10. The molecule has 18 heavy (non-hydrogen) atoms. The number of rotatable bonds is 3. The molecule has 5 nitrogen and oxygen atoms in total. The minimum atomic E-state index is -1.01. The predicted octanol–water partition coefficient (Wildman–Crippen LogP) is 1.81. The van der Waals surface area contributed by atoms with E-state index in [1.165, 1.54) is 6.20 Å². The van der Waals surface area contributed by atoms with E-state index in [0.29, 0.717) is 17.9 Å². The molecule has 0 atom stereocenters. The van der Waals surface area contributed by atoms with Crippen LogP contribution in [0.2, 0.25) is 0 Å². The molecule has 1 heterocycles. The van der Waals surface area contributed by atoms with Gasteiger partial charge in [-0.2, -0.15) is 5.26 Å². The number of imidazole rings is 1. The van der Waals surface area contributed by atoms with Crippen molar-refractivity contribution < 1.29 is 9.90 Å². The Morgan fingerprint density at radius 2 is 2.33 bits per heavy atom. The molecule has 0 fully saturated rings. The first kappa shape index (κ1) is 11.9. The van der Waals surface area contributed by atoms with Crippen LogP contribution in [0.3, 0.4) is 0 Å². The molecule has 0 spiro atoms. The molecule has 0 unspecified atom stereocenters. The van der Waals surface area contributed by atoms with Crippen LogP contribution in [-0.4, -0.2) is 20.6 Å². The highest BCUT2D eigenvalue weighted by molar-refractivity contribution is 5.85. The molecule has 1 aromatic heterocycles. The summed E-state index contributed by atoms with van der Waals surface area (Å²) < 4.78 is 1.61. The van der Waals surface area contributed by atoms with E-state index in [2.05, 4.69) is 11.1 Å². The lowest BCUT2D eigenvalue weighted by Gasteiger charge is -2.08. The van der Waals surface area contributed by atoms with Crippen molar-refractivity contribution in [3.05, 3.63) is 53.1 Å². The maximum Gasteiger partial charge on any atom is 0.354 e. The van der Waals surface area contributed by atoms with Crippen molar-refractivity contribution in [1.82, 2.24) is 9.55 Å². The summed E-state index contributed by atoms with van der Waals surface area (Å²) in [6, 6.07) is 9.14. The van der Waals surface area contributed by atoms with E-state index in [1.807, 2.05) is 6.07 Å². The number of aromatic carboxylic acids is 1. The Morgan fingerprint density at radius 1 is 1.56 bits per heavy atom. The Labute approximate surface area is 104 Å². The fourth-order valence-electron chi connectivity index (χ4n) is 1.76. The van der Waals surface area contributed by atoms with Crippen LogP contribution >= 0.6 is 0 Å². The van der Waals surface area contributed by atoms with Crippen molar-refractivity contribution in [3.8, 4) is 6.07 Å². The fourth-order valence-corrected chi connectivity index (χ4v) is 1.76. The summed E-state index contributed by atoms with van der Waals surface area (Å²) in [4.78, 5) is 15.0. The second-order valence-electron chi connectivity index (χ2n) is 3.89. The van der Waals surface area contributed by atoms with Crippen molar-refractivity contribution in [2.24, 2.45) is 0 Å². The number of aryl methyl sites for hydroxylation is 1. The van der Waals surface area contributed by atoms with Crippen molar-refractivity contribution in [1.29, 1.82) is 5.26 Å². The van der Waals surface area contributed by atoms with E-state index in [-0.39, 0.29) is 5.69 Å². The van der Waals surface area contributed by atoms with Crippen molar-refractivity contribution in [3.63, 3.8) is 0 Å². The number of carboxylic acids is 1. The number of benzene rings is 1. The van der Waals surface area contributed by atoms with Crippen LogP contribution in [0.1, 0.15) is 27.4 Å². The quantitative estimate of drug-likeness (QED) is 0.888. The van der Waals surface area contributed by atoms with E-state index < -0.39 is 5.97 Å². The molecule has 0 aliphatic carbocycles. The number of carboxylic acid groups (broad SMARTS) is 1. The molecule has 1 N–H and O–H groups in total. The van der Waals surface area contributed by atoms with Gasteiger partial charge < -0.3 is 9.67 Å². The lowest BCUT2D eigenvalue weighted by atomic mass is 10.1. The van der Waals surface area contributed by atoms with Gasteiger partial charge in [0.15, 0.2) is 0 Å². The summed E-state index contributed by atoms with van der Waals surface area (Å²) in [6.07, 6.45) is 1.34. The van der Waals surface area contributed by atoms with Gasteiger partial charge >= 0.3 is 5.97 Å². The molecule has 0 saturated heterocycles. The number of nitriles is 1. The van der Waals surface area contributed by atoms with Gasteiger partial charge in [-0.05, 0) is 24.6 Å². The Morgan fingerprint density at radius 3 is 3.00 bits per heavy atom. The predicted molar refractivity (Wildman–Crippen MR) is 64.2 cm³/mol. The molecule has 2 aromatic rings. The van der Waals surface area contributed by atoms with E-state index >= 15 is 0 Å². The van der Waals surface area contributed by atoms with Crippen LogP contribution in [-0.2, 0) is 6.54 Å². The van der Waals surface area contributed by atoms with Gasteiger partial charge in [0.2, 0.25) is 0 Å². The second kappa shape index (κ2) is 4.72. The zero-order valence-corrected chi connectivity index (χ0v) is 9.79. The molecule has 5 heteroatoms. The molecule has 0 aliphatic rings. The Hall–Kier alpha value is -2.61. The van der Waals surface area contributed by atoms with Crippen LogP contribution in [0.4, 0.5) is 0 Å². The summed E-state index contributed by atoms with van der Waals surface area (Å²) in [5, 5.41) is 17.9. The maximum atomic E-state index is 11.0. The Balaban J connectivity index is 2.37. The number of nitrogens with zero attached hydrogens (tertiary/aromatic N) is 3. The molecule has 1 aromatic carbocycles. The first-order chi connectivity index (χ1) is 8.61. The standard InChI is InChI=1S/C13H11N3O2/c1-9-15-7-12(13(17)18)16(9)8-11-4-2-3-10(5-11)6-14/h2-5,7H,8H2,1H3,(H,17,18). The Bertz CT molecular complexity index is 638. The molecule has 0 bridgehead atoms. The average molecular weight is 241 g/mol. The van der Waals surface area contributed by atoms with Gasteiger partial charge in [0, 0.05) is 6.54 Å².